The van der Waals surface area contributed by atoms with Crippen molar-refractivity contribution in [2.24, 2.45) is 4.99 Å². The molecular formula is C12H10BrN3S. The number of benzene rings is 1. The van der Waals surface area contributed by atoms with Crippen LogP contribution in [0.15, 0.2) is 39.9 Å². The lowest BCUT2D eigenvalue weighted by molar-refractivity contribution is 0.687. The van der Waals surface area contributed by atoms with Gasteiger partial charge in [-0.1, -0.05) is 29.8 Å². The maximum absolute atomic E-state index is 4.56. The number of hydrogen-bond acceptors (Lipinski definition) is 3. The van der Waals surface area contributed by atoms with Crippen LogP contribution in [0.5, 0.6) is 0 Å². The zero-order valence-corrected chi connectivity index (χ0v) is 11.6. The number of halogens is 1. The van der Waals surface area contributed by atoms with Crippen LogP contribution in [0.3, 0.4) is 0 Å². The second-order valence-electron chi connectivity index (χ2n) is 3.69. The Hall–Kier alpha value is -1.29. The fourth-order valence-electron chi connectivity index (χ4n) is 1.58. The van der Waals surface area contributed by atoms with E-state index in [1.54, 1.807) is 0 Å². The number of isothiocyanates is 1. The standard InChI is InChI=1S/C12H10BrN3S/c1-9-3-2-4-10(5-9)6-16-7-11(13)12(15-16)14-8-17/h2-5,7H,6H2,1H3. The molecule has 0 aliphatic heterocycles. The van der Waals surface area contributed by atoms with E-state index in [4.69, 9.17) is 0 Å². The molecule has 0 fully saturated rings. The number of rotatable bonds is 3. The third kappa shape index (κ3) is 3.09. The first kappa shape index (κ1) is 12.2. The van der Waals surface area contributed by atoms with E-state index in [0.717, 1.165) is 4.47 Å². The molecule has 86 valence electrons. The summed E-state index contributed by atoms with van der Waals surface area (Å²) in [5.41, 5.74) is 2.45. The van der Waals surface area contributed by atoms with Crippen LogP contribution in [0.25, 0.3) is 0 Å². The van der Waals surface area contributed by atoms with Crippen molar-refractivity contribution >= 4 is 39.1 Å². The first-order chi connectivity index (χ1) is 8.19. The Morgan fingerprint density at radius 1 is 1.53 bits per heavy atom. The Morgan fingerprint density at radius 2 is 2.35 bits per heavy atom. The van der Waals surface area contributed by atoms with Gasteiger partial charge >= 0.3 is 0 Å². The molecule has 0 unspecified atom stereocenters. The van der Waals surface area contributed by atoms with Crippen molar-refractivity contribution < 1.29 is 0 Å². The molecule has 2 rings (SSSR count). The summed E-state index contributed by atoms with van der Waals surface area (Å²) in [4.78, 5) is 3.87. The van der Waals surface area contributed by atoms with Crippen LogP contribution in [0, 0.1) is 6.92 Å². The average molecular weight is 308 g/mol. The first-order valence-electron chi connectivity index (χ1n) is 5.05. The molecule has 0 amide bonds. The molecule has 0 bridgehead atoms. The van der Waals surface area contributed by atoms with Gasteiger partial charge < -0.3 is 0 Å². The third-order valence-corrected chi connectivity index (χ3v) is 2.93. The number of aliphatic imine (C=N–C) groups is 1. The number of aromatic nitrogens is 2. The molecule has 0 saturated heterocycles. The molecule has 1 heterocycles. The lowest BCUT2D eigenvalue weighted by Gasteiger charge is -2.02. The highest BCUT2D eigenvalue weighted by atomic mass is 79.9. The van der Waals surface area contributed by atoms with Crippen molar-refractivity contribution in [3.63, 3.8) is 0 Å². The molecule has 0 atom stereocenters. The fraction of sp³-hybridized carbons (Fsp3) is 0.167. The quantitative estimate of drug-likeness (QED) is 0.639. The monoisotopic (exact) mass is 307 g/mol. The van der Waals surface area contributed by atoms with Gasteiger partial charge in [-0.2, -0.15) is 10.1 Å². The minimum Gasteiger partial charge on any atom is -0.265 e. The first-order valence-corrected chi connectivity index (χ1v) is 6.25. The Morgan fingerprint density at radius 3 is 3.06 bits per heavy atom. The minimum atomic E-state index is 0.563. The van der Waals surface area contributed by atoms with Crippen molar-refractivity contribution in [3.05, 3.63) is 46.1 Å². The van der Waals surface area contributed by atoms with Gasteiger partial charge in [0.1, 0.15) is 0 Å². The van der Waals surface area contributed by atoms with E-state index in [0.29, 0.717) is 12.4 Å². The zero-order chi connectivity index (χ0) is 12.3. The van der Waals surface area contributed by atoms with Crippen molar-refractivity contribution in [3.8, 4) is 0 Å². The van der Waals surface area contributed by atoms with Crippen molar-refractivity contribution in [2.75, 3.05) is 0 Å². The Kier molecular flexibility index (Phi) is 3.84. The highest BCUT2D eigenvalue weighted by Gasteiger charge is 2.05. The van der Waals surface area contributed by atoms with Crippen LogP contribution in [-0.2, 0) is 6.54 Å². The van der Waals surface area contributed by atoms with Gasteiger partial charge in [0.15, 0.2) is 5.82 Å². The summed E-state index contributed by atoms with van der Waals surface area (Å²) in [5, 5.41) is 6.61. The van der Waals surface area contributed by atoms with E-state index in [1.165, 1.54) is 11.1 Å². The molecule has 0 N–H and O–H groups in total. The average Bonchev–Trinajstić information content (AvgIpc) is 2.60. The van der Waals surface area contributed by atoms with E-state index < -0.39 is 0 Å². The molecule has 0 aliphatic rings. The summed E-state index contributed by atoms with van der Waals surface area (Å²) < 4.78 is 2.65. The van der Waals surface area contributed by atoms with Gasteiger partial charge in [-0.25, -0.2) is 0 Å². The molecule has 0 aliphatic carbocycles. The lowest BCUT2D eigenvalue weighted by atomic mass is 10.1. The summed E-state index contributed by atoms with van der Waals surface area (Å²) >= 11 is 7.95. The Bertz CT molecular complexity index is 585. The van der Waals surface area contributed by atoms with E-state index in [1.807, 2.05) is 16.9 Å². The van der Waals surface area contributed by atoms with Gasteiger partial charge in [-0.15, -0.1) is 0 Å². The molecular weight excluding hydrogens is 298 g/mol. The van der Waals surface area contributed by atoms with Crippen LogP contribution < -0.4 is 0 Å². The molecule has 0 saturated carbocycles. The van der Waals surface area contributed by atoms with Gasteiger partial charge in [-0.3, -0.25) is 4.68 Å². The van der Waals surface area contributed by atoms with E-state index in [2.05, 4.69) is 68.5 Å². The smallest absolute Gasteiger partial charge is 0.198 e. The van der Waals surface area contributed by atoms with Crippen LogP contribution in [-0.4, -0.2) is 14.9 Å². The number of hydrogen-bond donors (Lipinski definition) is 0. The second-order valence-corrected chi connectivity index (χ2v) is 4.73. The summed E-state index contributed by atoms with van der Waals surface area (Å²) in [6.07, 6.45) is 1.88. The highest BCUT2D eigenvalue weighted by molar-refractivity contribution is 9.10. The Labute approximate surface area is 113 Å². The van der Waals surface area contributed by atoms with E-state index in [-0.39, 0.29) is 0 Å². The third-order valence-electron chi connectivity index (χ3n) is 2.28. The lowest BCUT2D eigenvalue weighted by Crippen LogP contribution is -1.99. The van der Waals surface area contributed by atoms with Crippen LogP contribution >= 0.6 is 28.1 Å². The van der Waals surface area contributed by atoms with Crippen molar-refractivity contribution in [2.45, 2.75) is 13.5 Å². The van der Waals surface area contributed by atoms with Gasteiger partial charge in [0.2, 0.25) is 0 Å². The van der Waals surface area contributed by atoms with Gasteiger partial charge in [0.25, 0.3) is 0 Å². The molecule has 17 heavy (non-hydrogen) atoms. The summed E-state index contributed by atoms with van der Waals surface area (Å²) in [7, 11) is 0. The van der Waals surface area contributed by atoms with Crippen LogP contribution in [0.4, 0.5) is 5.82 Å². The highest BCUT2D eigenvalue weighted by Crippen LogP contribution is 2.23. The predicted molar refractivity (Wildman–Crippen MR) is 74.9 cm³/mol. The number of thiocarbonyl (C=S) groups is 1. The molecule has 3 nitrogen and oxygen atoms in total. The van der Waals surface area contributed by atoms with Gasteiger partial charge in [0.05, 0.1) is 16.2 Å². The summed E-state index contributed by atoms with van der Waals surface area (Å²) in [5.74, 6) is 0.563. The molecule has 1 aromatic heterocycles. The SMILES string of the molecule is Cc1cccc(Cn2cc(Br)c(N=C=S)n2)c1. The molecule has 0 spiro atoms. The normalized spacial score (nSPS) is 10.0. The summed E-state index contributed by atoms with van der Waals surface area (Å²) in [6, 6.07) is 8.33. The van der Waals surface area contributed by atoms with Crippen molar-refractivity contribution in [1.82, 2.24) is 9.78 Å². The van der Waals surface area contributed by atoms with Gasteiger partial charge in [0, 0.05) is 6.20 Å². The van der Waals surface area contributed by atoms with Gasteiger partial charge in [-0.05, 0) is 40.6 Å². The molecule has 1 aromatic carbocycles. The van der Waals surface area contributed by atoms with Crippen LogP contribution in [0.2, 0.25) is 0 Å². The Balaban J connectivity index is 2.24. The number of nitrogens with zero attached hydrogens (tertiary/aromatic N) is 3. The maximum Gasteiger partial charge on any atom is 0.198 e. The molecule has 0 radical (unpaired) electrons. The largest absolute Gasteiger partial charge is 0.265 e. The zero-order valence-electron chi connectivity index (χ0n) is 9.22. The topological polar surface area (TPSA) is 30.2 Å². The molecule has 5 heteroatoms. The maximum atomic E-state index is 4.56. The predicted octanol–water partition coefficient (Wildman–Crippen LogP) is 3.74. The van der Waals surface area contributed by atoms with Crippen molar-refractivity contribution in [1.29, 1.82) is 0 Å². The number of aryl methyl sites for hydroxylation is 1. The fourth-order valence-corrected chi connectivity index (χ4v) is 2.08. The van der Waals surface area contributed by atoms with Crippen LogP contribution in [0.1, 0.15) is 11.1 Å². The summed E-state index contributed by atoms with van der Waals surface area (Å²) in [6.45, 7) is 2.79. The molecule has 2 aromatic rings. The van der Waals surface area contributed by atoms with E-state index in [9.17, 15) is 0 Å². The minimum absolute atomic E-state index is 0.563. The van der Waals surface area contributed by atoms with E-state index >= 15 is 0 Å². The second kappa shape index (κ2) is 5.36.